The van der Waals surface area contributed by atoms with E-state index in [0.717, 1.165) is 18.8 Å². The number of benzene rings is 2. The summed E-state index contributed by atoms with van der Waals surface area (Å²) in [6, 6.07) is 19.6. The minimum absolute atomic E-state index is 0.0917. The van der Waals surface area contributed by atoms with Crippen LogP contribution in [0.25, 0.3) is 0 Å². The number of hydrogen-bond donors (Lipinski definition) is 1. The maximum Gasteiger partial charge on any atom is 0.233 e. The van der Waals surface area contributed by atoms with Crippen molar-refractivity contribution in [1.82, 2.24) is 19.7 Å². The number of anilines is 2. The summed E-state index contributed by atoms with van der Waals surface area (Å²) in [5.41, 5.74) is 1.93. The fourth-order valence-electron chi connectivity index (χ4n) is 3.57. The van der Waals surface area contributed by atoms with Crippen molar-refractivity contribution in [2.75, 3.05) is 42.1 Å². The van der Waals surface area contributed by atoms with E-state index in [2.05, 4.69) is 32.5 Å². The number of thioether (sulfide) groups is 1. The average molecular weight is 451 g/mol. The molecule has 1 aromatic heterocycles. The standard InChI is InChI=1S/C23H26N6O2S/c1-27-20(16-21(30)24-18-8-4-2-5-9-18)25-26-23(27)32-17-22(31)29-14-12-28(13-15-29)19-10-6-3-7-11-19/h2-11H,12-17H2,1H3,(H,24,30). The number of rotatable bonds is 7. The van der Waals surface area contributed by atoms with Crippen LogP contribution in [0.3, 0.4) is 0 Å². The van der Waals surface area contributed by atoms with Gasteiger partial charge in [-0.3, -0.25) is 9.59 Å². The van der Waals surface area contributed by atoms with E-state index in [1.807, 2.05) is 60.5 Å². The molecule has 0 atom stereocenters. The van der Waals surface area contributed by atoms with Crippen LogP contribution in [0.1, 0.15) is 5.82 Å². The van der Waals surface area contributed by atoms with Gasteiger partial charge in [-0.05, 0) is 24.3 Å². The van der Waals surface area contributed by atoms with Gasteiger partial charge >= 0.3 is 0 Å². The Kier molecular flexibility index (Phi) is 7.06. The SMILES string of the molecule is Cn1c(CC(=O)Nc2ccccc2)nnc1SCC(=O)N1CCN(c2ccccc2)CC1. The topological polar surface area (TPSA) is 83.4 Å². The van der Waals surface area contributed by atoms with Crippen LogP contribution in [-0.2, 0) is 23.1 Å². The predicted octanol–water partition coefficient (Wildman–Crippen LogP) is 2.44. The van der Waals surface area contributed by atoms with Crippen molar-refractivity contribution in [1.29, 1.82) is 0 Å². The summed E-state index contributed by atoms with van der Waals surface area (Å²) in [4.78, 5) is 29.2. The second-order valence-corrected chi connectivity index (χ2v) is 8.48. The van der Waals surface area contributed by atoms with E-state index in [9.17, 15) is 9.59 Å². The third kappa shape index (κ3) is 5.47. The van der Waals surface area contributed by atoms with Gasteiger partial charge in [0.25, 0.3) is 0 Å². The minimum atomic E-state index is -0.157. The van der Waals surface area contributed by atoms with Crippen LogP contribution in [0.15, 0.2) is 65.8 Å². The number of nitrogens with one attached hydrogen (secondary N) is 1. The molecule has 4 rings (SSSR count). The maximum absolute atomic E-state index is 12.7. The normalized spacial score (nSPS) is 13.8. The summed E-state index contributed by atoms with van der Waals surface area (Å²) in [7, 11) is 1.82. The number of para-hydroxylation sites is 2. The molecule has 0 unspecified atom stereocenters. The molecule has 1 aliphatic heterocycles. The number of carbonyl (C=O) groups excluding carboxylic acids is 2. The van der Waals surface area contributed by atoms with Gasteiger partial charge in [0.15, 0.2) is 5.16 Å². The fourth-order valence-corrected chi connectivity index (χ4v) is 4.40. The lowest BCUT2D eigenvalue weighted by atomic mass is 10.2. The lowest BCUT2D eigenvalue weighted by molar-refractivity contribution is -0.128. The Morgan fingerprint density at radius 2 is 1.59 bits per heavy atom. The third-order valence-electron chi connectivity index (χ3n) is 5.38. The molecule has 8 nitrogen and oxygen atoms in total. The van der Waals surface area contributed by atoms with E-state index in [1.54, 1.807) is 4.57 Å². The zero-order valence-electron chi connectivity index (χ0n) is 18.0. The minimum Gasteiger partial charge on any atom is -0.368 e. The summed E-state index contributed by atoms with van der Waals surface area (Å²) < 4.78 is 1.77. The van der Waals surface area contributed by atoms with Gasteiger partial charge in [-0.1, -0.05) is 48.2 Å². The number of aromatic nitrogens is 3. The molecule has 2 heterocycles. The highest BCUT2D eigenvalue weighted by Crippen LogP contribution is 2.19. The third-order valence-corrected chi connectivity index (χ3v) is 6.38. The second kappa shape index (κ2) is 10.3. The van der Waals surface area contributed by atoms with Crippen molar-refractivity contribution < 1.29 is 9.59 Å². The van der Waals surface area contributed by atoms with E-state index in [1.165, 1.54) is 17.4 Å². The van der Waals surface area contributed by atoms with Gasteiger partial charge in [0.1, 0.15) is 5.82 Å². The molecule has 166 valence electrons. The number of amides is 2. The fraction of sp³-hybridized carbons (Fsp3) is 0.304. The summed E-state index contributed by atoms with van der Waals surface area (Å²) in [5, 5.41) is 11.8. The lowest BCUT2D eigenvalue weighted by Gasteiger charge is -2.36. The van der Waals surface area contributed by atoms with E-state index in [4.69, 9.17) is 0 Å². The lowest BCUT2D eigenvalue weighted by Crippen LogP contribution is -2.49. The Morgan fingerprint density at radius 3 is 2.28 bits per heavy atom. The summed E-state index contributed by atoms with van der Waals surface area (Å²) in [5.74, 6) is 0.794. The van der Waals surface area contributed by atoms with Gasteiger partial charge < -0.3 is 19.7 Å². The van der Waals surface area contributed by atoms with Crippen LogP contribution < -0.4 is 10.2 Å². The highest BCUT2D eigenvalue weighted by Gasteiger charge is 2.22. The highest BCUT2D eigenvalue weighted by atomic mass is 32.2. The van der Waals surface area contributed by atoms with Crippen LogP contribution in [0.5, 0.6) is 0 Å². The summed E-state index contributed by atoms with van der Waals surface area (Å²) in [6.07, 6.45) is 0.119. The molecular formula is C23H26N6O2S. The highest BCUT2D eigenvalue weighted by molar-refractivity contribution is 7.99. The molecule has 1 aliphatic rings. The van der Waals surface area contributed by atoms with Gasteiger partial charge in [0.05, 0.1) is 12.2 Å². The van der Waals surface area contributed by atoms with Crippen molar-refractivity contribution in [2.24, 2.45) is 7.05 Å². The van der Waals surface area contributed by atoms with Gasteiger partial charge in [0, 0.05) is 44.6 Å². The monoisotopic (exact) mass is 450 g/mol. The molecule has 1 saturated heterocycles. The second-order valence-electron chi connectivity index (χ2n) is 7.54. The molecule has 1 fully saturated rings. The smallest absolute Gasteiger partial charge is 0.233 e. The molecule has 32 heavy (non-hydrogen) atoms. The first kappa shape index (κ1) is 21.9. The molecule has 1 N–H and O–H groups in total. The van der Waals surface area contributed by atoms with Crippen LogP contribution in [0, 0.1) is 0 Å². The van der Waals surface area contributed by atoms with Crippen molar-refractivity contribution in [3.05, 3.63) is 66.5 Å². The Bertz CT molecular complexity index is 1050. The van der Waals surface area contributed by atoms with Crippen molar-refractivity contribution in [3.63, 3.8) is 0 Å². The Balaban J connectivity index is 1.25. The van der Waals surface area contributed by atoms with Gasteiger partial charge in [-0.25, -0.2) is 0 Å². The number of piperazine rings is 1. The molecule has 0 radical (unpaired) electrons. The van der Waals surface area contributed by atoms with Gasteiger partial charge in [-0.15, -0.1) is 10.2 Å². The first-order valence-corrected chi connectivity index (χ1v) is 11.5. The average Bonchev–Trinajstić information content (AvgIpc) is 3.17. The quantitative estimate of drug-likeness (QED) is 0.557. The largest absolute Gasteiger partial charge is 0.368 e. The molecule has 0 bridgehead atoms. The zero-order chi connectivity index (χ0) is 22.3. The van der Waals surface area contributed by atoms with Gasteiger partial charge in [-0.2, -0.15) is 0 Å². The van der Waals surface area contributed by atoms with Crippen molar-refractivity contribution in [2.45, 2.75) is 11.6 Å². The van der Waals surface area contributed by atoms with E-state index in [0.29, 0.717) is 29.8 Å². The molecule has 0 saturated carbocycles. The predicted molar refractivity (Wildman–Crippen MR) is 126 cm³/mol. The first-order valence-electron chi connectivity index (χ1n) is 10.5. The van der Waals surface area contributed by atoms with Crippen LogP contribution >= 0.6 is 11.8 Å². The molecule has 3 aromatic rings. The maximum atomic E-state index is 12.7. The van der Waals surface area contributed by atoms with Crippen LogP contribution in [0.4, 0.5) is 11.4 Å². The molecule has 2 amide bonds. The zero-order valence-corrected chi connectivity index (χ0v) is 18.8. The van der Waals surface area contributed by atoms with Crippen molar-refractivity contribution >= 4 is 35.0 Å². The molecule has 0 spiro atoms. The Morgan fingerprint density at radius 1 is 0.938 bits per heavy atom. The molecular weight excluding hydrogens is 424 g/mol. The van der Waals surface area contributed by atoms with Crippen molar-refractivity contribution in [3.8, 4) is 0 Å². The van der Waals surface area contributed by atoms with E-state index in [-0.39, 0.29) is 18.2 Å². The molecule has 9 heteroatoms. The Labute approximate surface area is 191 Å². The number of nitrogens with zero attached hydrogens (tertiary/aromatic N) is 5. The summed E-state index contributed by atoms with van der Waals surface area (Å²) in [6.45, 7) is 3.06. The van der Waals surface area contributed by atoms with E-state index >= 15 is 0 Å². The molecule has 0 aliphatic carbocycles. The van der Waals surface area contributed by atoms with Gasteiger partial charge in [0.2, 0.25) is 11.8 Å². The Hall–Kier alpha value is -3.33. The summed E-state index contributed by atoms with van der Waals surface area (Å²) >= 11 is 1.35. The first-order chi connectivity index (χ1) is 15.6. The van der Waals surface area contributed by atoms with E-state index < -0.39 is 0 Å². The molecule has 2 aromatic carbocycles. The van der Waals surface area contributed by atoms with Crippen LogP contribution in [-0.4, -0.2) is 63.4 Å². The van der Waals surface area contributed by atoms with Crippen LogP contribution in [0.2, 0.25) is 0 Å². The number of hydrogen-bond acceptors (Lipinski definition) is 6. The number of carbonyl (C=O) groups is 2.